The lowest BCUT2D eigenvalue weighted by Gasteiger charge is -2.20. The Hall–Kier alpha value is -1.14. The molecule has 88 valence electrons. The summed E-state index contributed by atoms with van der Waals surface area (Å²) in [4.78, 5) is 21.9. The molecule has 15 heavy (non-hydrogen) atoms. The Kier molecular flexibility index (Phi) is 5.88. The van der Waals surface area contributed by atoms with Crippen molar-refractivity contribution < 1.29 is 24.2 Å². The largest absolute Gasteiger partial charge is 0.467 e. The molecule has 1 unspecified atom stereocenters. The van der Waals surface area contributed by atoms with Crippen LogP contribution in [0.1, 0.15) is 13.8 Å². The van der Waals surface area contributed by atoms with Crippen molar-refractivity contribution in [1.29, 1.82) is 0 Å². The molecule has 0 aromatic rings. The second-order valence-electron chi connectivity index (χ2n) is 3.17. The lowest BCUT2D eigenvalue weighted by Crippen LogP contribution is -2.46. The van der Waals surface area contributed by atoms with E-state index in [4.69, 9.17) is 0 Å². The van der Waals surface area contributed by atoms with Crippen LogP contribution >= 0.6 is 0 Å². The highest BCUT2D eigenvalue weighted by Gasteiger charge is 2.30. The zero-order chi connectivity index (χ0) is 11.9. The molecule has 1 atom stereocenters. The number of esters is 2. The van der Waals surface area contributed by atoms with Crippen LogP contribution in [0.5, 0.6) is 0 Å². The Morgan fingerprint density at radius 1 is 1.47 bits per heavy atom. The highest BCUT2D eigenvalue weighted by atomic mass is 16.5. The van der Waals surface area contributed by atoms with E-state index in [9.17, 15) is 14.7 Å². The summed E-state index contributed by atoms with van der Waals surface area (Å²) in [5, 5.41) is 12.1. The highest BCUT2D eigenvalue weighted by molar-refractivity contribution is 5.79. The molecule has 0 fully saturated rings. The van der Waals surface area contributed by atoms with Crippen LogP contribution in [-0.4, -0.2) is 49.5 Å². The van der Waals surface area contributed by atoms with Crippen molar-refractivity contribution in [2.45, 2.75) is 19.4 Å². The van der Waals surface area contributed by atoms with Gasteiger partial charge in [0.25, 0.3) is 0 Å². The van der Waals surface area contributed by atoms with Crippen LogP contribution in [0.15, 0.2) is 0 Å². The summed E-state index contributed by atoms with van der Waals surface area (Å²) in [6.07, 6.45) is 0. The van der Waals surface area contributed by atoms with Crippen LogP contribution in [0.2, 0.25) is 0 Å². The maximum absolute atomic E-state index is 11.0. The van der Waals surface area contributed by atoms with Gasteiger partial charge in [0.05, 0.1) is 20.3 Å². The lowest BCUT2D eigenvalue weighted by atomic mass is 10.1. The summed E-state index contributed by atoms with van der Waals surface area (Å²) >= 11 is 0. The van der Waals surface area contributed by atoms with E-state index in [1.165, 1.54) is 14.0 Å². The van der Waals surface area contributed by atoms with Gasteiger partial charge >= 0.3 is 11.9 Å². The third-order valence-corrected chi connectivity index (χ3v) is 1.67. The average Bonchev–Trinajstić information content (AvgIpc) is 2.16. The predicted octanol–water partition coefficient (Wildman–Crippen LogP) is -0.937. The van der Waals surface area contributed by atoms with Crippen molar-refractivity contribution >= 4 is 11.9 Å². The minimum Gasteiger partial charge on any atom is -0.467 e. The number of nitrogens with one attached hydrogen (secondary N) is 1. The van der Waals surface area contributed by atoms with Gasteiger partial charge in [-0.2, -0.15) is 0 Å². The molecule has 0 aromatic carbocycles. The number of carbonyl (C=O) groups excluding carboxylic acids is 2. The van der Waals surface area contributed by atoms with Gasteiger partial charge in [-0.25, -0.2) is 4.79 Å². The van der Waals surface area contributed by atoms with Crippen molar-refractivity contribution in [2.24, 2.45) is 0 Å². The van der Waals surface area contributed by atoms with Crippen LogP contribution in [0.4, 0.5) is 0 Å². The van der Waals surface area contributed by atoms with E-state index in [-0.39, 0.29) is 13.1 Å². The molecule has 0 rings (SSSR count). The van der Waals surface area contributed by atoms with Crippen LogP contribution in [-0.2, 0) is 19.1 Å². The Bertz CT molecular complexity index is 227. The Balaban J connectivity index is 3.84. The number of rotatable bonds is 6. The quantitative estimate of drug-likeness (QED) is 0.561. The van der Waals surface area contributed by atoms with E-state index in [0.717, 1.165) is 0 Å². The van der Waals surface area contributed by atoms with E-state index in [2.05, 4.69) is 14.8 Å². The van der Waals surface area contributed by atoms with E-state index >= 15 is 0 Å². The fraction of sp³-hybridized carbons (Fsp3) is 0.778. The van der Waals surface area contributed by atoms with Crippen LogP contribution in [0, 0.1) is 0 Å². The standard InChI is InChI=1S/C9H17NO5/c1-4-15-7(11)5-10-6-9(2,13)8(12)14-3/h10,13H,4-6H2,1-3H3. The van der Waals surface area contributed by atoms with E-state index < -0.39 is 17.5 Å². The summed E-state index contributed by atoms with van der Waals surface area (Å²) < 4.78 is 9.02. The minimum absolute atomic E-state index is 0.0546. The summed E-state index contributed by atoms with van der Waals surface area (Å²) in [6, 6.07) is 0. The highest BCUT2D eigenvalue weighted by Crippen LogP contribution is 2.03. The van der Waals surface area contributed by atoms with Gasteiger partial charge in [0, 0.05) is 6.54 Å². The SMILES string of the molecule is CCOC(=O)CNCC(C)(O)C(=O)OC. The molecule has 0 spiro atoms. The van der Waals surface area contributed by atoms with Crippen molar-refractivity contribution in [3.63, 3.8) is 0 Å². The molecular formula is C9H17NO5. The van der Waals surface area contributed by atoms with Gasteiger partial charge in [-0.05, 0) is 13.8 Å². The summed E-state index contributed by atoms with van der Waals surface area (Å²) in [5.74, 6) is -1.18. The Labute approximate surface area is 88.6 Å². The van der Waals surface area contributed by atoms with Gasteiger partial charge in [-0.15, -0.1) is 0 Å². The normalized spacial score (nSPS) is 14.1. The van der Waals surface area contributed by atoms with Gasteiger partial charge in [0.2, 0.25) is 0 Å². The lowest BCUT2D eigenvalue weighted by molar-refractivity contribution is -0.160. The molecule has 2 N–H and O–H groups in total. The fourth-order valence-electron chi connectivity index (χ4n) is 0.912. The molecule has 0 aliphatic carbocycles. The third kappa shape index (κ3) is 5.34. The monoisotopic (exact) mass is 219 g/mol. The van der Waals surface area contributed by atoms with Crippen molar-refractivity contribution in [2.75, 3.05) is 26.8 Å². The molecule has 6 heteroatoms. The zero-order valence-corrected chi connectivity index (χ0v) is 9.20. The molecular weight excluding hydrogens is 202 g/mol. The summed E-state index contributed by atoms with van der Waals surface area (Å²) in [6.45, 7) is 3.17. The topological polar surface area (TPSA) is 84.9 Å². The molecule has 6 nitrogen and oxygen atoms in total. The molecule has 0 saturated heterocycles. The molecule has 0 aliphatic heterocycles. The van der Waals surface area contributed by atoms with Crippen molar-refractivity contribution in [3.05, 3.63) is 0 Å². The third-order valence-electron chi connectivity index (χ3n) is 1.67. The van der Waals surface area contributed by atoms with E-state index in [0.29, 0.717) is 6.61 Å². The summed E-state index contributed by atoms with van der Waals surface area (Å²) in [7, 11) is 1.18. The molecule has 0 aromatic heterocycles. The molecule has 0 radical (unpaired) electrons. The summed E-state index contributed by atoms with van der Waals surface area (Å²) in [5.41, 5.74) is -1.64. The molecule has 0 aliphatic rings. The van der Waals surface area contributed by atoms with Crippen LogP contribution < -0.4 is 5.32 Å². The van der Waals surface area contributed by atoms with Gasteiger partial charge in [-0.1, -0.05) is 0 Å². The van der Waals surface area contributed by atoms with E-state index in [1.807, 2.05) is 0 Å². The second kappa shape index (κ2) is 6.36. The number of aliphatic hydroxyl groups is 1. The van der Waals surface area contributed by atoms with Gasteiger partial charge in [0.1, 0.15) is 0 Å². The first-order chi connectivity index (χ1) is 6.94. The maximum atomic E-state index is 11.0. The van der Waals surface area contributed by atoms with Crippen molar-refractivity contribution in [3.8, 4) is 0 Å². The number of carbonyl (C=O) groups is 2. The Morgan fingerprint density at radius 3 is 2.53 bits per heavy atom. The number of methoxy groups -OCH3 is 1. The smallest absolute Gasteiger partial charge is 0.338 e. The molecule has 0 amide bonds. The predicted molar refractivity (Wildman–Crippen MR) is 52.1 cm³/mol. The molecule has 0 heterocycles. The molecule has 0 saturated carbocycles. The average molecular weight is 219 g/mol. The first-order valence-electron chi connectivity index (χ1n) is 4.61. The van der Waals surface area contributed by atoms with Crippen LogP contribution in [0.25, 0.3) is 0 Å². The minimum atomic E-state index is -1.64. The number of ether oxygens (including phenoxy) is 2. The van der Waals surface area contributed by atoms with Gasteiger partial charge < -0.3 is 19.9 Å². The maximum Gasteiger partial charge on any atom is 0.338 e. The number of hydrogen-bond acceptors (Lipinski definition) is 6. The fourth-order valence-corrected chi connectivity index (χ4v) is 0.912. The Morgan fingerprint density at radius 2 is 2.07 bits per heavy atom. The first-order valence-corrected chi connectivity index (χ1v) is 4.61. The first kappa shape index (κ1) is 13.9. The van der Waals surface area contributed by atoms with Gasteiger partial charge in [-0.3, -0.25) is 4.79 Å². The number of hydrogen-bond donors (Lipinski definition) is 2. The van der Waals surface area contributed by atoms with Crippen molar-refractivity contribution in [1.82, 2.24) is 5.32 Å². The zero-order valence-electron chi connectivity index (χ0n) is 9.20. The molecule has 0 bridgehead atoms. The van der Waals surface area contributed by atoms with E-state index in [1.54, 1.807) is 6.92 Å². The second-order valence-corrected chi connectivity index (χ2v) is 3.17. The van der Waals surface area contributed by atoms with Crippen LogP contribution in [0.3, 0.4) is 0 Å². The van der Waals surface area contributed by atoms with Gasteiger partial charge in [0.15, 0.2) is 5.60 Å².